The molecule has 0 spiro atoms. The van der Waals surface area contributed by atoms with Gasteiger partial charge in [-0.2, -0.15) is 0 Å². The van der Waals surface area contributed by atoms with E-state index in [4.69, 9.17) is 5.11 Å². The lowest BCUT2D eigenvalue weighted by Gasteiger charge is -2.16. The standard InChI is InChI=1S/C18H16FNO3/c19-16-7-6-14(18(22)23)11-15(16)12-4-3-5-13(10-12)17(21)20-8-1-2-9-20/h3-7,10-11H,1-2,8-9H2,(H,22,23). The highest BCUT2D eigenvalue weighted by Crippen LogP contribution is 2.26. The summed E-state index contributed by atoms with van der Waals surface area (Å²) in [6, 6.07) is 10.3. The van der Waals surface area contributed by atoms with E-state index in [1.54, 1.807) is 29.2 Å². The first-order valence-electron chi connectivity index (χ1n) is 7.49. The summed E-state index contributed by atoms with van der Waals surface area (Å²) >= 11 is 0. The van der Waals surface area contributed by atoms with Gasteiger partial charge in [-0.3, -0.25) is 4.79 Å². The molecule has 1 fully saturated rings. The monoisotopic (exact) mass is 313 g/mol. The van der Waals surface area contributed by atoms with Gasteiger partial charge in [0.25, 0.3) is 5.91 Å². The smallest absolute Gasteiger partial charge is 0.335 e. The molecule has 0 aliphatic carbocycles. The Morgan fingerprint density at radius 2 is 1.74 bits per heavy atom. The Bertz CT molecular complexity index is 767. The van der Waals surface area contributed by atoms with Crippen molar-refractivity contribution in [1.82, 2.24) is 4.90 Å². The number of amides is 1. The van der Waals surface area contributed by atoms with Gasteiger partial charge in [-0.25, -0.2) is 9.18 Å². The molecule has 0 aromatic heterocycles. The lowest BCUT2D eigenvalue weighted by atomic mass is 10.00. The third kappa shape index (κ3) is 3.08. The van der Waals surface area contributed by atoms with Crippen LogP contribution in [0.1, 0.15) is 33.6 Å². The molecule has 23 heavy (non-hydrogen) atoms. The molecule has 1 saturated heterocycles. The van der Waals surface area contributed by atoms with Crippen LogP contribution < -0.4 is 0 Å². The fourth-order valence-corrected chi connectivity index (χ4v) is 2.80. The molecule has 0 radical (unpaired) electrons. The minimum Gasteiger partial charge on any atom is -0.478 e. The van der Waals surface area contributed by atoms with Gasteiger partial charge >= 0.3 is 5.97 Å². The van der Waals surface area contributed by atoms with Crippen LogP contribution in [0.2, 0.25) is 0 Å². The molecule has 1 N–H and O–H groups in total. The molecular formula is C18H16FNO3. The zero-order valence-corrected chi connectivity index (χ0v) is 12.5. The molecule has 3 rings (SSSR count). The Morgan fingerprint density at radius 3 is 2.43 bits per heavy atom. The van der Waals surface area contributed by atoms with Crippen molar-refractivity contribution in [3.63, 3.8) is 0 Å². The summed E-state index contributed by atoms with van der Waals surface area (Å²) in [5, 5.41) is 9.05. The van der Waals surface area contributed by atoms with Crippen molar-refractivity contribution in [2.45, 2.75) is 12.8 Å². The van der Waals surface area contributed by atoms with E-state index in [0.29, 0.717) is 11.1 Å². The number of likely N-dealkylation sites (tertiary alicyclic amines) is 1. The second kappa shape index (κ2) is 6.20. The van der Waals surface area contributed by atoms with Gasteiger partial charge in [0, 0.05) is 24.2 Å². The average Bonchev–Trinajstić information content (AvgIpc) is 3.09. The van der Waals surface area contributed by atoms with Gasteiger partial charge in [0.1, 0.15) is 5.82 Å². The van der Waals surface area contributed by atoms with Crippen molar-refractivity contribution in [3.8, 4) is 11.1 Å². The predicted molar refractivity (Wildman–Crippen MR) is 83.9 cm³/mol. The molecule has 5 heteroatoms. The molecular weight excluding hydrogens is 297 g/mol. The number of carbonyl (C=O) groups excluding carboxylic acids is 1. The summed E-state index contributed by atoms with van der Waals surface area (Å²) in [6.45, 7) is 1.48. The van der Waals surface area contributed by atoms with Crippen LogP contribution in [0.15, 0.2) is 42.5 Å². The van der Waals surface area contributed by atoms with E-state index in [0.717, 1.165) is 32.0 Å². The number of rotatable bonds is 3. The van der Waals surface area contributed by atoms with Crippen molar-refractivity contribution in [1.29, 1.82) is 0 Å². The molecule has 0 unspecified atom stereocenters. The zero-order chi connectivity index (χ0) is 16.4. The Kier molecular flexibility index (Phi) is 4.10. The largest absolute Gasteiger partial charge is 0.478 e. The maximum atomic E-state index is 14.1. The molecule has 1 amide bonds. The van der Waals surface area contributed by atoms with Gasteiger partial charge in [0.15, 0.2) is 0 Å². The maximum absolute atomic E-state index is 14.1. The molecule has 1 heterocycles. The highest BCUT2D eigenvalue weighted by molar-refractivity contribution is 5.96. The summed E-state index contributed by atoms with van der Waals surface area (Å²) < 4.78 is 14.1. The van der Waals surface area contributed by atoms with E-state index in [1.165, 1.54) is 12.1 Å². The number of benzene rings is 2. The molecule has 1 aliphatic rings. The first kappa shape index (κ1) is 15.2. The SMILES string of the molecule is O=C(O)c1ccc(F)c(-c2cccc(C(=O)N3CCCC3)c2)c1. The minimum absolute atomic E-state index is 0.0117. The van der Waals surface area contributed by atoms with E-state index in [2.05, 4.69) is 0 Å². The maximum Gasteiger partial charge on any atom is 0.335 e. The average molecular weight is 313 g/mol. The van der Waals surface area contributed by atoms with Crippen LogP contribution in [0.5, 0.6) is 0 Å². The van der Waals surface area contributed by atoms with E-state index in [-0.39, 0.29) is 17.0 Å². The van der Waals surface area contributed by atoms with Crippen molar-refractivity contribution in [2.75, 3.05) is 13.1 Å². The predicted octanol–water partition coefficient (Wildman–Crippen LogP) is 3.43. The van der Waals surface area contributed by atoms with Crippen LogP contribution in [-0.2, 0) is 0 Å². The van der Waals surface area contributed by atoms with Gasteiger partial charge < -0.3 is 10.0 Å². The number of carboxylic acids is 1. The fraction of sp³-hybridized carbons (Fsp3) is 0.222. The molecule has 0 atom stereocenters. The molecule has 2 aromatic rings. The highest BCUT2D eigenvalue weighted by Gasteiger charge is 2.20. The lowest BCUT2D eigenvalue weighted by molar-refractivity contribution is 0.0696. The highest BCUT2D eigenvalue weighted by atomic mass is 19.1. The van der Waals surface area contributed by atoms with E-state index in [1.807, 2.05) is 0 Å². The van der Waals surface area contributed by atoms with Gasteiger partial charge in [-0.15, -0.1) is 0 Å². The lowest BCUT2D eigenvalue weighted by Crippen LogP contribution is -2.27. The third-order valence-electron chi connectivity index (χ3n) is 4.03. The van der Waals surface area contributed by atoms with E-state index < -0.39 is 11.8 Å². The van der Waals surface area contributed by atoms with Gasteiger partial charge in [0.05, 0.1) is 5.56 Å². The molecule has 118 valence electrons. The quantitative estimate of drug-likeness (QED) is 0.944. The summed E-state index contributed by atoms with van der Waals surface area (Å²) in [5.41, 5.74) is 1.18. The summed E-state index contributed by atoms with van der Waals surface area (Å²) in [7, 11) is 0. The van der Waals surface area contributed by atoms with Crippen LogP contribution >= 0.6 is 0 Å². The summed E-state index contributed by atoms with van der Waals surface area (Å²) in [5.74, 6) is -1.70. The topological polar surface area (TPSA) is 57.6 Å². The number of aromatic carboxylic acids is 1. The Hall–Kier alpha value is -2.69. The van der Waals surface area contributed by atoms with E-state index in [9.17, 15) is 14.0 Å². The number of halogens is 1. The Labute approximate surface area is 133 Å². The number of hydrogen-bond donors (Lipinski definition) is 1. The molecule has 2 aromatic carbocycles. The molecule has 0 saturated carbocycles. The molecule has 1 aliphatic heterocycles. The minimum atomic E-state index is -1.12. The van der Waals surface area contributed by atoms with Gasteiger partial charge in [0.2, 0.25) is 0 Å². The second-order valence-electron chi connectivity index (χ2n) is 5.58. The van der Waals surface area contributed by atoms with Gasteiger partial charge in [-0.1, -0.05) is 12.1 Å². The number of carboxylic acid groups (broad SMARTS) is 1. The van der Waals surface area contributed by atoms with Crippen molar-refractivity contribution in [3.05, 3.63) is 59.4 Å². The Morgan fingerprint density at radius 1 is 1.00 bits per heavy atom. The van der Waals surface area contributed by atoms with Crippen LogP contribution in [0.3, 0.4) is 0 Å². The van der Waals surface area contributed by atoms with Crippen LogP contribution in [0, 0.1) is 5.82 Å². The van der Waals surface area contributed by atoms with Crippen molar-refractivity contribution < 1.29 is 19.1 Å². The van der Waals surface area contributed by atoms with Crippen molar-refractivity contribution >= 4 is 11.9 Å². The first-order valence-corrected chi connectivity index (χ1v) is 7.49. The molecule has 0 bridgehead atoms. The summed E-state index contributed by atoms with van der Waals surface area (Å²) in [6.07, 6.45) is 2.00. The fourth-order valence-electron chi connectivity index (χ4n) is 2.80. The Balaban J connectivity index is 1.98. The van der Waals surface area contributed by atoms with Crippen molar-refractivity contribution in [2.24, 2.45) is 0 Å². The number of hydrogen-bond acceptors (Lipinski definition) is 2. The van der Waals surface area contributed by atoms with Crippen LogP contribution in [-0.4, -0.2) is 35.0 Å². The normalized spacial score (nSPS) is 14.0. The molecule has 4 nitrogen and oxygen atoms in total. The van der Waals surface area contributed by atoms with Crippen LogP contribution in [0.4, 0.5) is 4.39 Å². The number of carbonyl (C=O) groups is 2. The second-order valence-corrected chi connectivity index (χ2v) is 5.58. The van der Waals surface area contributed by atoms with Crippen LogP contribution in [0.25, 0.3) is 11.1 Å². The zero-order valence-electron chi connectivity index (χ0n) is 12.5. The van der Waals surface area contributed by atoms with Gasteiger partial charge in [-0.05, 0) is 48.7 Å². The van der Waals surface area contributed by atoms with E-state index >= 15 is 0 Å². The first-order chi connectivity index (χ1) is 11.1. The third-order valence-corrected chi connectivity index (χ3v) is 4.03. The number of nitrogens with zero attached hydrogens (tertiary/aromatic N) is 1. The summed E-state index contributed by atoms with van der Waals surface area (Å²) in [4.78, 5) is 25.3.